The molecule has 1 aromatic rings. The van der Waals surface area contributed by atoms with E-state index in [4.69, 9.17) is 9.26 Å². The van der Waals surface area contributed by atoms with Crippen LogP contribution in [0.4, 0.5) is 0 Å². The van der Waals surface area contributed by atoms with Crippen molar-refractivity contribution in [2.24, 2.45) is 0 Å². The van der Waals surface area contributed by atoms with Crippen molar-refractivity contribution in [3.8, 4) is 0 Å². The molecule has 0 N–H and O–H groups in total. The lowest BCUT2D eigenvalue weighted by molar-refractivity contribution is -0.143. The summed E-state index contributed by atoms with van der Waals surface area (Å²) in [4.78, 5) is 25.4. The molecule has 0 aliphatic heterocycles. The largest absolute Gasteiger partial charge is 0.465 e. The van der Waals surface area contributed by atoms with Crippen LogP contribution in [0, 0.1) is 13.8 Å². The van der Waals surface area contributed by atoms with E-state index in [0.717, 1.165) is 6.42 Å². The fraction of sp³-hybridized carbons (Fsp3) is 0.615. The minimum atomic E-state index is -0.406. The Labute approximate surface area is 112 Å². The van der Waals surface area contributed by atoms with Gasteiger partial charge in [-0.15, -0.1) is 0 Å². The SMILES string of the molecule is CCCN(CC(=O)OCC)C(=O)c1c(C)noc1C. The maximum atomic E-state index is 12.4. The van der Waals surface area contributed by atoms with Gasteiger partial charge in [-0.05, 0) is 27.2 Å². The van der Waals surface area contributed by atoms with Crippen molar-refractivity contribution < 1.29 is 18.8 Å². The van der Waals surface area contributed by atoms with E-state index in [-0.39, 0.29) is 12.5 Å². The normalized spacial score (nSPS) is 10.3. The van der Waals surface area contributed by atoms with Gasteiger partial charge >= 0.3 is 5.97 Å². The molecule has 0 aliphatic rings. The topological polar surface area (TPSA) is 72.6 Å². The molecule has 0 saturated heterocycles. The molecule has 1 aromatic heterocycles. The van der Waals surface area contributed by atoms with Crippen LogP contribution in [0.25, 0.3) is 0 Å². The van der Waals surface area contributed by atoms with Crippen LogP contribution in [0.2, 0.25) is 0 Å². The number of aryl methyl sites for hydroxylation is 2. The van der Waals surface area contributed by atoms with Gasteiger partial charge in [0.2, 0.25) is 0 Å². The van der Waals surface area contributed by atoms with Crippen molar-refractivity contribution in [3.63, 3.8) is 0 Å². The Morgan fingerprint density at radius 3 is 2.47 bits per heavy atom. The molecule has 0 atom stereocenters. The molecule has 0 aliphatic carbocycles. The number of hydrogen-bond donors (Lipinski definition) is 0. The number of rotatable bonds is 6. The molecule has 19 heavy (non-hydrogen) atoms. The first-order chi connectivity index (χ1) is 9.01. The van der Waals surface area contributed by atoms with E-state index in [2.05, 4.69) is 5.16 Å². The first-order valence-electron chi connectivity index (χ1n) is 6.39. The van der Waals surface area contributed by atoms with Crippen molar-refractivity contribution in [2.45, 2.75) is 34.1 Å². The number of esters is 1. The van der Waals surface area contributed by atoms with Crippen molar-refractivity contribution in [2.75, 3.05) is 19.7 Å². The number of nitrogens with zero attached hydrogens (tertiary/aromatic N) is 2. The Balaban J connectivity index is 2.87. The molecule has 1 amide bonds. The van der Waals surface area contributed by atoms with Crippen LogP contribution in [0.15, 0.2) is 4.52 Å². The van der Waals surface area contributed by atoms with E-state index >= 15 is 0 Å². The minimum Gasteiger partial charge on any atom is -0.465 e. The summed E-state index contributed by atoms with van der Waals surface area (Å²) < 4.78 is 9.86. The monoisotopic (exact) mass is 268 g/mol. The molecule has 6 nitrogen and oxygen atoms in total. The van der Waals surface area contributed by atoms with Crippen LogP contribution in [-0.2, 0) is 9.53 Å². The summed E-state index contributed by atoms with van der Waals surface area (Å²) in [6, 6.07) is 0. The number of hydrogen-bond acceptors (Lipinski definition) is 5. The van der Waals surface area contributed by atoms with Gasteiger partial charge in [0.05, 0.1) is 12.3 Å². The summed E-state index contributed by atoms with van der Waals surface area (Å²) in [6.45, 7) is 7.81. The zero-order valence-corrected chi connectivity index (χ0v) is 11.9. The average Bonchev–Trinajstić information content (AvgIpc) is 2.68. The third-order valence-electron chi connectivity index (χ3n) is 2.65. The summed E-state index contributed by atoms with van der Waals surface area (Å²) >= 11 is 0. The zero-order chi connectivity index (χ0) is 14.4. The van der Waals surface area contributed by atoms with E-state index in [0.29, 0.717) is 30.2 Å². The van der Waals surface area contributed by atoms with Crippen LogP contribution in [0.1, 0.15) is 42.1 Å². The predicted molar refractivity (Wildman–Crippen MR) is 68.8 cm³/mol. The lowest BCUT2D eigenvalue weighted by atomic mass is 10.1. The first-order valence-corrected chi connectivity index (χ1v) is 6.39. The minimum absolute atomic E-state index is 0.0510. The summed E-state index contributed by atoms with van der Waals surface area (Å²) in [5.41, 5.74) is 0.963. The molecule has 106 valence electrons. The van der Waals surface area contributed by atoms with Crippen molar-refractivity contribution in [1.29, 1.82) is 0 Å². The van der Waals surface area contributed by atoms with Gasteiger partial charge in [-0.25, -0.2) is 0 Å². The quantitative estimate of drug-likeness (QED) is 0.734. The second kappa shape index (κ2) is 6.92. The third kappa shape index (κ3) is 3.81. The maximum absolute atomic E-state index is 12.4. The Morgan fingerprint density at radius 1 is 1.32 bits per heavy atom. The van der Waals surface area contributed by atoms with Crippen LogP contribution < -0.4 is 0 Å². The Morgan fingerprint density at radius 2 is 2.00 bits per heavy atom. The highest BCUT2D eigenvalue weighted by atomic mass is 16.5. The van der Waals surface area contributed by atoms with Gasteiger partial charge in [-0.2, -0.15) is 0 Å². The molecule has 0 bridgehead atoms. The van der Waals surface area contributed by atoms with Crippen LogP contribution >= 0.6 is 0 Å². The second-order valence-corrected chi connectivity index (χ2v) is 4.23. The van der Waals surface area contributed by atoms with Crippen molar-refractivity contribution in [3.05, 3.63) is 17.0 Å². The molecule has 0 spiro atoms. The molecule has 0 radical (unpaired) electrons. The predicted octanol–water partition coefficient (Wildman–Crippen LogP) is 1.71. The Bertz CT molecular complexity index is 434. The number of carbonyl (C=O) groups is 2. The van der Waals surface area contributed by atoms with Gasteiger partial charge in [-0.3, -0.25) is 9.59 Å². The van der Waals surface area contributed by atoms with Gasteiger partial charge < -0.3 is 14.2 Å². The molecule has 0 saturated carbocycles. The number of amides is 1. The molecular formula is C13H20N2O4. The van der Waals surface area contributed by atoms with Gasteiger partial charge in [0.15, 0.2) is 0 Å². The summed E-state index contributed by atoms with van der Waals surface area (Å²) in [5, 5.41) is 3.76. The lowest BCUT2D eigenvalue weighted by Crippen LogP contribution is -2.37. The summed E-state index contributed by atoms with van der Waals surface area (Å²) in [6.07, 6.45) is 0.758. The van der Waals surface area contributed by atoms with Gasteiger partial charge in [0, 0.05) is 6.54 Å². The number of aromatic nitrogens is 1. The third-order valence-corrected chi connectivity index (χ3v) is 2.65. The summed E-state index contributed by atoms with van der Waals surface area (Å²) in [7, 11) is 0. The van der Waals surface area contributed by atoms with Crippen LogP contribution in [-0.4, -0.2) is 41.6 Å². The second-order valence-electron chi connectivity index (χ2n) is 4.23. The van der Waals surface area contributed by atoms with E-state index in [1.165, 1.54) is 4.90 Å². The highest BCUT2D eigenvalue weighted by Gasteiger charge is 2.24. The van der Waals surface area contributed by atoms with Crippen LogP contribution in [0.5, 0.6) is 0 Å². The fourth-order valence-corrected chi connectivity index (χ4v) is 1.83. The fourth-order valence-electron chi connectivity index (χ4n) is 1.83. The van der Waals surface area contributed by atoms with E-state index in [1.807, 2.05) is 6.92 Å². The first kappa shape index (κ1) is 15.2. The molecule has 1 rings (SSSR count). The molecule has 1 heterocycles. The van der Waals surface area contributed by atoms with E-state index in [1.54, 1.807) is 20.8 Å². The van der Waals surface area contributed by atoms with Crippen LogP contribution in [0.3, 0.4) is 0 Å². The van der Waals surface area contributed by atoms with Gasteiger partial charge in [-0.1, -0.05) is 12.1 Å². The van der Waals surface area contributed by atoms with E-state index in [9.17, 15) is 9.59 Å². The molecular weight excluding hydrogens is 248 g/mol. The number of carbonyl (C=O) groups excluding carboxylic acids is 2. The van der Waals surface area contributed by atoms with E-state index < -0.39 is 5.97 Å². The average molecular weight is 268 g/mol. The standard InChI is InChI=1S/C13H20N2O4/c1-5-7-15(8-11(16)18-6-2)13(17)12-9(3)14-19-10(12)4/h5-8H2,1-4H3. The Hall–Kier alpha value is -1.85. The molecule has 0 fully saturated rings. The summed E-state index contributed by atoms with van der Waals surface area (Å²) in [5.74, 6) is -0.185. The lowest BCUT2D eigenvalue weighted by Gasteiger charge is -2.20. The molecule has 0 aromatic carbocycles. The Kier molecular flexibility index (Phi) is 5.54. The highest BCUT2D eigenvalue weighted by molar-refractivity contribution is 5.97. The van der Waals surface area contributed by atoms with Gasteiger partial charge in [0.1, 0.15) is 17.9 Å². The molecule has 0 unspecified atom stereocenters. The molecule has 6 heteroatoms. The maximum Gasteiger partial charge on any atom is 0.325 e. The zero-order valence-electron chi connectivity index (χ0n) is 11.9. The number of ether oxygens (including phenoxy) is 1. The van der Waals surface area contributed by atoms with Crippen molar-refractivity contribution >= 4 is 11.9 Å². The van der Waals surface area contributed by atoms with Gasteiger partial charge in [0.25, 0.3) is 5.91 Å². The highest BCUT2D eigenvalue weighted by Crippen LogP contribution is 2.15. The smallest absolute Gasteiger partial charge is 0.325 e. The van der Waals surface area contributed by atoms with Crippen molar-refractivity contribution in [1.82, 2.24) is 10.1 Å².